The Balaban J connectivity index is 1.62. The number of carbonyl (C=O) groups is 1. The maximum atomic E-state index is 11.5. The van der Waals surface area contributed by atoms with E-state index in [0.29, 0.717) is 22.8 Å². The Morgan fingerprint density at radius 1 is 1.25 bits per heavy atom. The lowest BCUT2D eigenvalue weighted by Crippen LogP contribution is -2.47. The van der Waals surface area contributed by atoms with E-state index in [0.717, 1.165) is 42.7 Å². The summed E-state index contributed by atoms with van der Waals surface area (Å²) < 4.78 is 5.74. The lowest BCUT2D eigenvalue weighted by Gasteiger charge is -2.35. The van der Waals surface area contributed by atoms with Gasteiger partial charge in [0.25, 0.3) is 0 Å². The van der Waals surface area contributed by atoms with Crippen molar-refractivity contribution in [3.63, 3.8) is 0 Å². The standard InChI is InChI=1S/C24H26N6O2/c1-30-10-8-15-12-21(32-2)19(11-17(15)13-30)24(25)28-22-18(7-9-26-22)23(29-24)27-20-6-4-3-5-16(20)14-31/h3-7,9,11-12,14,26,28H,8,10,13,25H2,1-2H3,(H,27,29). The molecule has 0 saturated heterocycles. The van der Waals surface area contributed by atoms with Crippen LogP contribution in [0.4, 0.5) is 11.5 Å². The number of hydrogen-bond donors (Lipinski definition) is 4. The molecule has 0 aliphatic carbocycles. The summed E-state index contributed by atoms with van der Waals surface area (Å²) >= 11 is 0. The summed E-state index contributed by atoms with van der Waals surface area (Å²) in [6.45, 7) is 1.85. The van der Waals surface area contributed by atoms with Gasteiger partial charge < -0.3 is 25.3 Å². The molecule has 1 atom stereocenters. The first-order valence-electron chi connectivity index (χ1n) is 10.6. The van der Waals surface area contributed by atoms with Crippen LogP contribution in [0.1, 0.15) is 32.6 Å². The first-order valence-corrected chi connectivity index (χ1v) is 10.6. The molecular formula is C24H26N6O2. The lowest BCUT2D eigenvalue weighted by atomic mass is 9.93. The molecule has 2 aliphatic rings. The van der Waals surface area contributed by atoms with E-state index >= 15 is 0 Å². The van der Waals surface area contributed by atoms with Crippen LogP contribution in [0.2, 0.25) is 0 Å². The van der Waals surface area contributed by atoms with Crippen LogP contribution in [-0.2, 0) is 18.8 Å². The van der Waals surface area contributed by atoms with E-state index in [-0.39, 0.29) is 0 Å². The summed E-state index contributed by atoms with van der Waals surface area (Å²) in [6, 6.07) is 13.4. The van der Waals surface area contributed by atoms with Gasteiger partial charge in [-0.05, 0) is 54.9 Å². The summed E-state index contributed by atoms with van der Waals surface area (Å²) in [4.78, 5) is 21.9. The third-order valence-electron chi connectivity index (χ3n) is 6.08. The van der Waals surface area contributed by atoms with Crippen LogP contribution in [-0.4, -0.2) is 42.7 Å². The number of aliphatic imine (C=N–C) groups is 1. The van der Waals surface area contributed by atoms with Gasteiger partial charge in [0.2, 0.25) is 5.79 Å². The molecule has 2 aliphatic heterocycles. The Kier molecular flexibility index (Phi) is 4.96. The molecule has 3 heterocycles. The molecule has 0 radical (unpaired) electrons. The molecule has 1 aromatic heterocycles. The molecule has 0 amide bonds. The zero-order valence-electron chi connectivity index (χ0n) is 18.1. The Morgan fingerprint density at radius 2 is 2.09 bits per heavy atom. The summed E-state index contributed by atoms with van der Waals surface area (Å²) in [7, 11) is 3.76. The number of H-pyrrole nitrogens is 1. The minimum absolute atomic E-state index is 0.544. The van der Waals surface area contributed by atoms with Gasteiger partial charge in [0, 0.05) is 24.8 Å². The van der Waals surface area contributed by atoms with Crippen molar-refractivity contribution in [3.05, 3.63) is 76.5 Å². The topological polar surface area (TPSA) is 108 Å². The molecule has 32 heavy (non-hydrogen) atoms. The Morgan fingerprint density at radius 3 is 2.91 bits per heavy atom. The number of ether oxygens (including phenoxy) is 1. The molecule has 1 unspecified atom stereocenters. The SMILES string of the molecule is COc1cc2c(cc1C1(N)N=C(Nc3ccccc3C=O)c3cc[nH]c3N1)CN(C)CC2. The molecule has 8 nitrogen and oxygen atoms in total. The number of aromatic amines is 1. The molecule has 0 bridgehead atoms. The number of aldehydes is 1. The van der Waals surface area contributed by atoms with Crippen LogP contribution < -0.4 is 21.1 Å². The first-order chi connectivity index (χ1) is 15.5. The second kappa shape index (κ2) is 7.81. The fourth-order valence-corrected chi connectivity index (χ4v) is 4.38. The normalized spacial score (nSPS) is 19.9. The molecule has 2 aromatic carbocycles. The molecule has 5 N–H and O–H groups in total. The minimum atomic E-state index is -1.27. The number of benzene rings is 2. The van der Waals surface area contributed by atoms with E-state index in [1.54, 1.807) is 13.2 Å². The molecule has 0 fully saturated rings. The Hall–Kier alpha value is -3.62. The van der Waals surface area contributed by atoms with Crippen molar-refractivity contribution in [3.8, 4) is 5.75 Å². The molecule has 0 spiro atoms. The predicted octanol–water partition coefficient (Wildman–Crippen LogP) is 2.88. The van der Waals surface area contributed by atoms with Crippen molar-refractivity contribution in [2.75, 3.05) is 31.3 Å². The van der Waals surface area contributed by atoms with Crippen molar-refractivity contribution in [1.82, 2.24) is 9.88 Å². The maximum absolute atomic E-state index is 11.5. The molecular weight excluding hydrogens is 404 g/mol. The van der Waals surface area contributed by atoms with Gasteiger partial charge in [-0.2, -0.15) is 0 Å². The van der Waals surface area contributed by atoms with Gasteiger partial charge in [0.15, 0.2) is 6.29 Å². The number of amidine groups is 1. The van der Waals surface area contributed by atoms with Crippen LogP contribution in [0.25, 0.3) is 0 Å². The Labute approximate surface area is 186 Å². The van der Waals surface area contributed by atoms with Crippen molar-refractivity contribution in [1.29, 1.82) is 0 Å². The van der Waals surface area contributed by atoms with E-state index in [2.05, 4.69) is 39.7 Å². The van der Waals surface area contributed by atoms with E-state index in [4.69, 9.17) is 15.5 Å². The number of aromatic nitrogens is 1. The van der Waals surface area contributed by atoms with Crippen LogP contribution in [0, 0.1) is 0 Å². The monoisotopic (exact) mass is 430 g/mol. The Bertz CT molecular complexity index is 1220. The van der Waals surface area contributed by atoms with Gasteiger partial charge in [-0.15, -0.1) is 0 Å². The maximum Gasteiger partial charge on any atom is 0.216 e. The number of para-hydroxylation sites is 1. The highest BCUT2D eigenvalue weighted by atomic mass is 16.5. The fourth-order valence-electron chi connectivity index (χ4n) is 4.38. The van der Waals surface area contributed by atoms with Crippen LogP contribution in [0.15, 0.2) is 53.7 Å². The van der Waals surface area contributed by atoms with E-state index in [1.807, 2.05) is 30.5 Å². The number of nitrogens with zero attached hydrogens (tertiary/aromatic N) is 2. The zero-order valence-corrected chi connectivity index (χ0v) is 18.1. The van der Waals surface area contributed by atoms with Gasteiger partial charge in [-0.1, -0.05) is 12.1 Å². The van der Waals surface area contributed by atoms with Gasteiger partial charge in [0.05, 0.1) is 23.9 Å². The number of nitrogens with two attached hydrogens (primary N) is 1. The van der Waals surface area contributed by atoms with E-state index < -0.39 is 5.79 Å². The lowest BCUT2D eigenvalue weighted by molar-refractivity contribution is 0.112. The van der Waals surface area contributed by atoms with Gasteiger partial charge in [0.1, 0.15) is 17.4 Å². The zero-order chi connectivity index (χ0) is 22.3. The number of fused-ring (bicyclic) bond motifs is 2. The van der Waals surface area contributed by atoms with Gasteiger partial charge in [-0.3, -0.25) is 10.5 Å². The smallest absolute Gasteiger partial charge is 0.216 e. The number of anilines is 2. The molecule has 5 rings (SSSR count). The summed E-state index contributed by atoms with van der Waals surface area (Å²) in [5.74, 6) is 0.723. The van der Waals surface area contributed by atoms with Crippen molar-refractivity contribution in [2.24, 2.45) is 10.7 Å². The molecule has 8 heteroatoms. The van der Waals surface area contributed by atoms with Crippen LogP contribution in [0.5, 0.6) is 5.75 Å². The minimum Gasteiger partial charge on any atom is -0.496 e. The molecule has 3 aromatic rings. The van der Waals surface area contributed by atoms with Crippen molar-refractivity contribution < 1.29 is 9.53 Å². The summed E-state index contributed by atoms with van der Waals surface area (Å²) in [5.41, 5.74) is 12.2. The summed E-state index contributed by atoms with van der Waals surface area (Å²) in [6.07, 6.45) is 3.61. The number of hydrogen-bond acceptors (Lipinski definition) is 7. The highest BCUT2D eigenvalue weighted by molar-refractivity contribution is 6.13. The molecule has 164 valence electrons. The van der Waals surface area contributed by atoms with E-state index in [9.17, 15) is 4.79 Å². The predicted molar refractivity (Wildman–Crippen MR) is 125 cm³/mol. The molecule has 0 saturated carbocycles. The number of carbonyl (C=O) groups excluding carboxylic acids is 1. The van der Waals surface area contributed by atoms with Crippen LogP contribution in [0.3, 0.4) is 0 Å². The van der Waals surface area contributed by atoms with Gasteiger partial charge in [-0.25, -0.2) is 4.99 Å². The highest BCUT2D eigenvalue weighted by Gasteiger charge is 2.37. The van der Waals surface area contributed by atoms with Crippen molar-refractivity contribution >= 4 is 23.6 Å². The average molecular weight is 431 g/mol. The highest BCUT2D eigenvalue weighted by Crippen LogP contribution is 2.38. The first kappa shape index (κ1) is 20.3. The third-order valence-corrected chi connectivity index (χ3v) is 6.08. The number of rotatable bonds is 4. The third kappa shape index (κ3) is 3.43. The largest absolute Gasteiger partial charge is 0.496 e. The number of nitrogens with one attached hydrogen (secondary N) is 3. The van der Waals surface area contributed by atoms with Crippen molar-refractivity contribution in [2.45, 2.75) is 18.8 Å². The average Bonchev–Trinajstić information content (AvgIpc) is 3.27. The van der Waals surface area contributed by atoms with Gasteiger partial charge >= 0.3 is 0 Å². The van der Waals surface area contributed by atoms with Crippen LogP contribution >= 0.6 is 0 Å². The number of likely N-dealkylation sites (N-methyl/N-ethyl adjacent to an activating group) is 1. The van der Waals surface area contributed by atoms with E-state index in [1.165, 1.54) is 11.1 Å². The summed E-state index contributed by atoms with van der Waals surface area (Å²) in [5, 5.41) is 6.64. The quantitative estimate of drug-likeness (QED) is 0.474. The second-order valence-corrected chi connectivity index (χ2v) is 8.26. The number of methoxy groups -OCH3 is 1. The second-order valence-electron chi connectivity index (χ2n) is 8.26. The fraction of sp³-hybridized carbons (Fsp3) is 0.250.